The van der Waals surface area contributed by atoms with Crippen molar-refractivity contribution < 1.29 is 14.7 Å². The second kappa shape index (κ2) is 5.96. The highest BCUT2D eigenvalue weighted by atomic mass is 35.5. The van der Waals surface area contributed by atoms with Gasteiger partial charge >= 0.3 is 5.97 Å². The first-order chi connectivity index (χ1) is 9.47. The third-order valence-corrected chi connectivity index (χ3v) is 3.56. The number of carbonyl (C=O) groups is 2. The number of hydrogen-bond donors (Lipinski definition) is 2. The zero-order chi connectivity index (χ0) is 14.7. The van der Waals surface area contributed by atoms with E-state index in [0.29, 0.717) is 30.1 Å². The number of benzene rings is 1. The van der Waals surface area contributed by atoms with Crippen molar-refractivity contribution >= 4 is 35.2 Å². The van der Waals surface area contributed by atoms with Crippen molar-refractivity contribution in [2.45, 2.75) is 6.42 Å². The molecule has 1 heterocycles. The fourth-order valence-electron chi connectivity index (χ4n) is 2.32. The Morgan fingerprint density at radius 2 is 2.20 bits per heavy atom. The highest BCUT2D eigenvalue weighted by molar-refractivity contribution is 6.30. The van der Waals surface area contributed by atoms with Crippen molar-refractivity contribution in [3.8, 4) is 0 Å². The molecule has 1 atom stereocenters. The van der Waals surface area contributed by atoms with E-state index in [0.717, 1.165) is 11.8 Å². The predicted molar refractivity (Wildman–Crippen MR) is 77.6 cm³/mol. The van der Waals surface area contributed by atoms with Crippen LogP contribution in [0.25, 0.3) is 6.08 Å². The Morgan fingerprint density at radius 1 is 1.45 bits per heavy atom. The molecule has 3 N–H and O–H groups in total. The van der Waals surface area contributed by atoms with Gasteiger partial charge in [0.15, 0.2) is 0 Å². The van der Waals surface area contributed by atoms with Crippen LogP contribution in [0.1, 0.15) is 12.0 Å². The lowest BCUT2D eigenvalue weighted by Crippen LogP contribution is -2.27. The van der Waals surface area contributed by atoms with Gasteiger partial charge < -0.3 is 15.7 Å². The molecule has 0 radical (unpaired) electrons. The van der Waals surface area contributed by atoms with Crippen LogP contribution < -0.4 is 10.6 Å². The third kappa shape index (κ3) is 3.30. The number of rotatable bonds is 4. The second-order valence-corrected chi connectivity index (χ2v) is 5.15. The molecule has 1 aliphatic rings. The number of halogens is 1. The Morgan fingerprint density at radius 3 is 2.80 bits per heavy atom. The van der Waals surface area contributed by atoms with Gasteiger partial charge in [-0.25, -0.2) is 4.79 Å². The zero-order valence-corrected chi connectivity index (χ0v) is 11.5. The Hall–Kier alpha value is -2.01. The number of nitrogens with zero attached hydrogens (tertiary/aromatic N) is 1. The minimum atomic E-state index is -1.02. The van der Waals surface area contributed by atoms with Crippen molar-refractivity contribution in [1.82, 2.24) is 0 Å². The number of nitrogens with two attached hydrogens (primary N) is 1. The number of anilines is 1. The largest absolute Gasteiger partial charge is 0.478 e. The van der Waals surface area contributed by atoms with Crippen LogP contribution in [0, 0.1) is 5.92 Å². The number of carbonyl (C=O) groups excluding carboxylic acids is 1. The molecule has 5 nitrogen and oxygen atoms in total. The quantitative estimate of drug-likeness (QED) is 0.829. The van der Waals surface area contributed by atoms with Crippen molar-refractivity contribution in [3.05, 3.63) is 34.9 Å². The van der Waals surface area contributed by atoms with Crippen LogP contribution in [0.4, 0.5) is 5.69 Å². The molecule has 0 bridgehead atoms. The molecule has 1 aromatic rings. The molecule has 1 aliphatic heterocycles. The lowest BCUT2D eigenvalue weighted by atomic mass is 10.1. The van der Waals surface area contributed by atoms with E-state index in [-0.39, 0.29) is 11.8 Å². The molecule has 0 aromatic heterocycles. The van der Waals surface area contributed by atoms with Crippen LogP contribution in [0.2, 0.25) is 5.02 Å². The van der Waals surface area contributed by atoms with Gasteiger partial charge in [-0.3, -0.25) is 4.79 Å². The molecular formula is C14H15ClN2O3. The molecule has 0 saturated carbocycles. The molecular weight excluding hydrogens is 280 g/mol. The van der Waals surface area contributed by atoms with E-state index in [4.69, 9.17) is 22.4 Å². The molecule has 106 valence electrons. The van der Waals surface area contributed by atoms with Gasteiger partial charge in [0.05, 0.1) is 5.92 Å². The summed E-state index contributed by atoms with van der Waals surface area (Å²) in [5, 5.41) is 9.25. The van der Waals surface area contributed by atoms with Gasteiger partial charge in [-0.1, -0.05) is 11.6 Å². The molecule has 1 aromatic carbocycles. The van der Waals surface area contributed by atoms with Crippen molar-refractivity contribution in [2.24, 2.45) is 11.7 Å². The Labute approximate surface area is 121 Å². The van der Waals surface area contributed by atoms with E-state index in [1.54, 1.807) is 12.1 Å². The van der Waals surface area contributed by atoms with E-state index < -0.39 is 5.97 Å². The van der Waals surface area contributed by atoms with Gasteiger partial charge in [-0.05, 0) is 36.3 Å². The number of carboxylic acid groups (broad SMARTS) is 1. The summed E-state index contributed by atoms with van der Waals surface area (Å²) in [7, 11) is 0. The summed E-state index contributed by atoms with van der Waals surface area (Å²) < 4.78 is 0. The zero-order valence-electron chi connectivity index (χ0n) is 10.8. The lowest BCUT2D eigenvalue weighted by molar-refractivity contribution is -0.131. The van der Waals surface area contributed by atoms with Gasteiger partial charge in [0.2, 0.25) is 5.91 Å². The summed E-state index contributed by atoms with van der Waals surface area (Å²) in [6.45, 7) is 1.26. The van der Waals surface area contributed by atoms with E-state index in [9.17, 15) is 9.59 Å². The molecule has 20 heavy (non-hydrogen) atoms. The monoisotopic (exact) mass is 294 g/mol. The first kappa shape index (κ1) is 14.4. The van der Waals surface area contributed by atoms with E-state index in [2.05, 4.69) is 0 Å². The summed E-state index contributed by atoms with van der Waals surface area (Å²) in [6.07, 6.45) is 3.28. The van der Waals surface area contributed by atoms with Crippen LogP contribution in [0.15, 0.2) is 24.3 Å². The normalized spacial score (nSPS) is 18.6. The van der Waals surface area contributed by atoms with Gasteiger partial charge in [0, 0.05) is 29.9 Å². The average molecular weight is 295 g/mol. The highest BCUT2D eigenvalue weighted by Gasteiger charge is 2.27. The van der Waals surface area contributed by atoms with Crippen molar-refractivity contribution in [3.63, 3.8) is 0 Å². The second-order valence-electron chi connectivity index (χ2n) is 4.71. The highest BCUT2D eigenvalue weighted by Crippen LogP contribution is 2.30. The Kier molecular flexibility index (Phi) is 4.29. The van der Waals surface area contributed by atoms with Crippen molar-refractivity contribution in [1.29, 1.82) is 0 Å². The standard InChI is InChI=1S/C14H15ClN2O3/c15-11-2-3-12(9(7-11)1-4-13(18)19)17-6-5-10(8-17)14(16)20/h1-4,7,10H,5-6,8H2,(H2,16,20)(H,18,19)/b4-1+. The first-order valence-corrected chi connectivity index (χ1v) is 6.60. The summed E-state index contributed by atoms with van der Waals surface area (Å²) in [5.74, 6) is -1.49. The number of hydrogen-bond acceptors (Lipinski definition) is 3. The summed E-state index contributed by atoms with van der Waals surface area (Å²) in [6, 6.07) is 5.27. The van der Waals surface area contributed by atoms with E-state index in [1.807, 2.05) is 11.0 Å². The topological polar surface area (TPSA) is 83.6 Å². The first-order valence-electron chi connectivity index (χ1n) is 6.22. The summed E-state index contributed by atoms with van der Waals surface area (Å²) in [4.78, 5) is 23.9. The summed E-state index contributed by atoms with van der Waals surface area (Å²) >= 11 is 5.94. The number of carboxylic acids is 1. The van der Waals surface area contributed by atoms with Crippen LogP contribution in [-0.4, -0.2) is 30.1 Å². The third-order valence-electron chi connectivity index (χ3n) is 3.33. The average Bonchev–Trinajstić information content (AvgIpc) is 2.86. The Balaban J connectivity index is 2.27. The predicted octanol–water partition coefficient (Wildman–Crippen LogP) is 1.75. The molecule has 0 spiro atoms. The summed E-state index contributed by atoms with van der Waals surface area (Å²) in [5.41, 5.74) is 6.89. The van der Waals surface area contributed by atoms with Crippen LogP contribution in [0.5, 0.6) is 0 Å². The molecule has 2 rings (SSSR count). The fourth-order valence-corrected chi connectivity index (χ4v) is 2.50. The molecule has 1 saturated heterocycles. The van der Waals surface area contributed by atoms with Gasteiger partial charge in [-0.15, -0.1) is 0 Å². The minimum Gasteiger partial charge on any atom is -0.478 e. The fraction of sp³-hybridized carbons (Fsp3) is 0.286. The molecule has 6 heteroatoms. The maximum absolute atomic E-state index is 11.2. The number of aliphatic carboxylic acids is 1. The molecule has 1 fully saturated rings. The Bertz CT molecular complexity index is 572. The van der Waals surface area contributed by atoms with E-state index >= 15 is 0 Å². The molecule has 1 unspecified atom stereocenters. The smallest absolute Gasteiger partial charge is 0.328 e. The van der Waals surface area contributed by atoms with Gasteiger partial charge in [0.1, 0.15) is 0 Å². The number of amides is 1. The number of primary amides is 1. The van der Waals surface area contributed by atoms with Crippen LogP contribution in [-0.2, 0) is 9.59 Å². The van der Waals surface area contributed by atoms with Crippen LogP contribution in [0.3, 0.4) is 0 Å². The molecule has 1 amide bonds. The van der Waals surface area contributed by atoms with Gasteiger partial charge in [-0.2, -0.15) is 0 Å². The lowest BCUT2D eigenvalue weighted by Gasteiger charge is -2.21. The molecule has 0 aliphatic carbocycles. The SMILES string of the molecule is NC(=O)C1CCN(c2ccc(Cl)cc2/C=C/C(=O)O)C1. The maximum atomic E-state index is 11.2. The van der Waals surface area contributed by atoms with Crippen LogP contribution >= 0.6 is 11.6 Å². The maximum Gasteiger partial charge on any atom is 0.328 e. The van der Waals surface area contributed by atoms with Gasteiger partial charge in [0.25, 0.3) is 0 Å². The van der Waals surface area contributed by atoms with E-state index in [1.165, 1.54) is 6.08 Å². The minimum absolute atomic E-state index is 0.165. The van der Waals surface area contributed by atoms with Crippen molar-refractivity contribution in [2.75, 3.05) is 18.0 Å².